The normalized spacial score (nSPS) is 16.1. The van der Waals surface area contributed by atoms with Gasteiger partial charge in [0, 0.05) is 19.2 Å². The van der Waals surface area contributed by atoms with Gasteiger partial charge in [-0.15, -0.1) is 0 Å². The second kappa shape index (κ2) is 4.92. The summed E-state index contributed by atoms with van der Waals surface area (Å²) in [6, 6.07) is 3.20. The van der Waals surface area contributed by atoms with Crippen molar-refractivity contribution in [3.8, 4) is 0 Å². The summed E-state index contributed by atoms with van der Waals surface area (Å²) in [5, 5.41) is 4.18. The van der Waals surface area contributed by atoms with Gasteiger partial charge in [-0.2, -0.15) is 5.10 Å². The van der Waals surface area contributed by atoms with Gasteiger partial charge < -0.3 is 9.69 Å². The number of nitrogens with zero attached hydrogens (tertiary/aromatic N) is 3. The van der Waals surface area contributed by atoms with Crippen molar-refractivity contribution in [1.29, 1.82) is 0 Å². The van der Waals surface area contributed by atoms with Crippen LogP contribution >= 0.6 is 0 Å². The second-order valence-electron chi connectivity index (χ2n) is 3.93. The number of hydrogen-bond donors (Lipinski definition) is 0. The molecule has 1 saturated heterocycles. The predicted molar refractivity (Wildman–Crippen MR) is 60.6 cm³/mol. The molecule has 0 spiro atoms. The highest BCUT2D eigenvalue weighted by Gasteiger charge is 2.12. The van der Waals surface area contributed by atoms with E-state index >= 15 is 0 Å². The molecule has 0 saturated carbocycles. The molecule has 0 amide bonds. The minimum absolute atomic E-state index is 0.0283. The maximum Gasteiger partial charge on any atom is 0.267 e. The summed E-state index contributed by atoms with van der Waals surface area (Å²) in [7, 11) is 0. The van der Waals surface area contributed by atoms with E-state index < -0.39 is 0 Å². The number of anilines is 1. The van der Waals surface area contributed by atoms with Crippen LogP contribution in [0.25, 0.3) is 0 Å². The Bertz CT molecular complexity index is 421. The van der Waals surface area contributed by atoms with Crippen molar-refractivity contribution in [2.24, 2.45) is 0 Å². The minimum Gasteiger partial charge on any atom is -0.355 e. The first kappa shape index (κ1) is 10.9. The molecule has 0 aliphatic carbocycles. The fourth-order valence-electron chi connectivity index (χ4n) is 1.93. The molecule has 1 fully saturated rings. The maximum atomic E-state index is 11.4. The summed E-state index contributed by atoms with van der Waals surface area (Å²) in [5.41, 5.74) is -0.229. The molecule has 5 nitrogen and oxygen atoms in total. The van der Waals surface area contributed by atoms with Crippen molar-refractivity contribution in [3.63, 3.8) is 0 Å². The van der Waals surface area contributed by atoms with Crippen LogP contribution in [0.2, 0.25) is 0 Å². The Kier molecular flexibility index (Phi) is 3.34. The van der Waals surface area contributed by atoms with Crippen LogP contribution in [0.5, 0.6) is 0 Å². The van der Waals surface area contributed by atoms with Gasteiger partial charge in [-0.1, -0.05) is 0 Å². The van der Waals surface area contributed by atoms with E-state index in [0.29, 0.717) is 6.29 Å². The van der Waals surface area contributed by atoms with Gasteiger partial charge in [0.1, 0.15) is 18.6 Å². The fraction of sp³-hybridized carbons (Fsp3) is 0.545. The van der Waals surface area contributed by atoms with E-state index in [2.05, 4.69) is 10.00 Å². The lowest BCUT2D eigenvalue weighted by atomic mass is 10.1. The number of hydrogen-bond acceptors (Lipinski definition) is 4. The molecule has 0 N–H and O–H groups in total. The van der Waals surface area contributed by atoms with Crippen LogP contribution in [-0.4, -0.2) is 29.2 Å². The molecule has 0 bridgehead atoms. The smallest absolute Gasteiger partial charge is 0.267 e. The zero-order valence-electron chi connectivity index (χ0n) is 9.13. The second-order valence-corrected chi connectivity index (χ2v) is 3.93. The van der Waals surface area contributed by atoms with E-state index in [-0.39, 0.29) is 12.1 Å². The third-order valence-electron chi connectivity index (χ3n) is 2.78. The molecule has 0 unspecified atom stereocenters. The standard InChI is InChI=1S/C11H15N3O2/c15-9-8-14-11(16)5-4-10(12-14)13-6-2-1-3-7-13/h4-5,9H,1-3,6-8H2. The lowest BCUT2D eigenvalue weighted by Crippen LogP contribution is -2.33. The topological polar surface area (TPSA) is 55.2 Å². The molecule has 2 rings (SSSR count). The van der Waals surface area contributed by atoms with E-state index in [0.717, 1.165) is 31.7 Å². The van der Waals surface area contributed by atoms with E-state index in [4.69, 9.17) is 0 Å². The van der Waals surface area contributed by atoms with Gasteiger partial charge >= 0.3 is 0 Å². The third-order valence-corrected chi connectivity index (χ3v) is 2.78. The average Bonchev–Trinajstić information content (AvgIpc) is 2.33. The molecule has 2 heterocycles. The SMILES string of the molecule is O=CCn1nc(N2CCCCC2)ccc1=O. The quantitative estimate of drug-likeness (QED) is 0.695. The first-order valence-electron chi connectivity index (χ1n) is 5.58. The van der Waals surface area contributed by atoms with Gasteiger partial charge in [0.2, 0.25) is 0 Å². The lowest BCUT2D eigenvalue weighted by Gasteiger charge is -2.27. The predicted octanol–water partition coefficient (Wildman–Crippen LogP) is 0.433. The van der Waals surface area contributed by atoms with Crippen molar-refractivity contribution in [2.45, 2.75) is 25.8 Å². The molecular weight excluding hydrogens is 206 g/mol. The van der Waals surface area contributed by atoms with Crippen molar-refractivity contribution in [1.82, 2.24) is 9.78 Å². The van der Waals surface area contributed by atoms with Crippen molar-refractivity contribution < 1.29 is 4.79 Å². The highest BCUT2D eigenvalue weighted by Crippen LogP contribution is 2.15. The van der Waals surface area contributed by atoms with Gasteiger partial charge in [-0.05, 0) is 25.3 Å². The number of aldehydes is 1. The Morgan fingerprint density at radius 2 is 2.00 bits per heavy atom. The summed E-state index contributed by atoms with van der Waals surface area (Å²) in [4.78, 5) is 23.9. The molecule has 86 valence electrons. The van der Waals surface area contributed by atoms with Crippen LogP contribution in [0.3, 0.4) is 0 Å². The molecule has 1 aliphatic rings. The zero-order valence-corrected chi connectivity index (χ0v) is 9.13. The fourth-order valence-corrected chi connectivity index (χ4v) is 1.93. The monoisotopic (exact) mass is 221 g/mol. The number of aromatic nitrogens is 2. The molecule has 16 heavy (non-hydrogen) atoms. The molecular formula is C11H15N3O2. The molecule has 0 radical (unpaired) electrons. The van der Waals surface area contributed by atoms with Crippen LogP contribution in [-0.2, 0) is 11.3 Å². The van der Waals surface area contributed by atoms with E-state index in [1.165, 1.54) is 17.2 Å². The first-order valence-corrected chi connectivity index (χ1v) is 5.58. The molecule has 0 atom stereocenters. The number of piperidine rings is 1. The van der Waals surface area contributed by atoms with Gasteiger partial charge in [0.05, 0.1) is 0 Å². The van der Waals surface area contributed by atoms with Gasteiger partial charge in [-0.3, -0.25) is 4.79 Å². The largest absolute Gasteiger partial charge is 0.355 e. The molecule has 1 aromatic rings. The third kappa shape index (κ3) is 2.29. The molecule has 1 aromatic heterocycles. The number of rotatable bonds is 3. The molecule has 5 heteroatoms. The van der Waals surface area contributed by atoms with Crippen molar-refractivity contribution in [3.05, 3.63) is 22.5 Å². The summed E-state index contributed by atoms with van der Waals surface area (Å²) in [6.07, 6.45) is 4.27. The van der Waals surface area contributed by atoms with Gasteiger partial charge in [0.25, 0.3) is 5.56 Å². The number of carbonyl (C=O) groups is 1. The van der Waals surface area contributed by atoms with Crippen LogP contribution in [0.15, 0.2) is 16.9 Å². The van der Waals surface area contributed by atoms with Crippen LogP contribution < -0.4 is 10.5 Å². The summed E-state index contributed by atoms with van der Waals surface area (Å²) >= 11 is 0. The Hall–Kier alpha value is -1.65. The highest BCUT2D eigenvalue weighted by atomic mass is 16.1. The van der Waals surface area contributed by atoms with Gasteiger partial charge in [0.15, 0.2) is 0 Å². The van der Waals surface area contributed by atoms with Crippen molar-refractivity contribution in [2.75, 3.05) is 18.0 Å². The first-order chi connectivity index (χ1) is 7.81. The van der Waals surface area contributed by atoms with Crippen molar-refractivity contribution >= 4 is 12.1 Å². The zero-order chi connectivity index (χ0) is 11.4. The lowest BCUT2D eigenvalue weighted by molar-refractivity contribution is -0.108. The highest BCUT2D eigenvalue weighted by molar-refractivity contribution is 5.49. The Morgan fingerprint density at radius 3 is 2.69 bits per heavy atom. The minimum atomic E-state index is -0.229. The average molecular weight is 221 g/mol. The van der Waals surface area contributed by atoms with Crippen LogP contribution in [0.1, 0.15) is 19.3 Å². The summed E-state index contributed by atoms with van der Waals surface area (Å²) in [5.74, 6) is 0.793. The van der Waals surface area contributed by atoms with Gasteiger partial charge in [-0.25, -0.2) is 4.68 Å². The molecule has 1 aliphatic heterocycles. The molecule has 0 aromatic carbocycles. The van der Waals surface area contributed by atoms with Crippen LogP contribution in [0, 0.1) is 0 Å². The van der Waals surface area contributed by atoms with Crippen LogP contribution in [0.4, 0.5) is 5.82 Å². The Balaban J connectivity index is 2.23. The summed E-state index contributed by atoms with van der Waals surface area (Å²) < 4.78 is 1.21. The summed E-state index contributed by atoms with van der Waals surface area (Å²) in [6.45, 7) is 1.99. The Morgan fingerprint density at radius 1 is 1.25 bits per heavy atom. The Labute approximate surface area is 93.7 Å². The maximum absolute atomic E-state index is 11.4. The number of carbonyl (C=O) groups excluding carboxylic acids is 1. The van der Waals surface area contributed by atoms with E-state index in [1.54, 1.807) is 6.07 Å². The van der Waals surface area contributed by atoms with E-state index in [1.807, 2.05) is 0 Å². The van der Waals surface area contributed by atoms with E-state index in [9.17, 15) is 9.59 Å².